The Morgan fingerprint density at radius 3 is 2.65 bits per heavy atom. The Hall–Kier alpha value is -1.73. The second-order valence-corrected chi connectivity index (χ2v) is 6.41. The van der Waals surface area contributed by atoms with Gasteiger partial charge in [0.05, 0.1) is 7.11 Å². The highest BCUT2D eigenvalue weighted by Crippen LogP contribution is 2.24. The third kappa shape index (κ3) is 4.62. The quantitative estimate of drug-likeness (QED) is 0.561. The van der Waals surface area contributed by atoms with Crippen LogP contribution in [0.3, 0.4) is 0 Å². The molecule has 0 saturated heterocycles. The third-order valence-corrected chi connectivity index (χ3v) is 4.42. The predicted octanol–water partition coefficient (Wildman–Crippen LogP) is 3.18. The van der Waals surface area contributed by atoms with Crippen LogP contribution in [0.1, 0.15) is 19.7 Å². The number of nitrogens with zero attached hydrogens (tertiary/aromatic N) is 3. The van der Waals surface area contributed by atoms with Crippen LogP contribution in [-0.2, 0) is 22.7 Å². The first-order valence-electron chi connectivity index (χ1n) is 7.10. The van der Waals surface area contributed by atoms with Crippen LogP contribution < -0.4 is 4.74 Å². The Kier molecular flexibility index (Phi) is 6.29. The molecule has 0 amide bonds. The minimum absolute atomic E-state index is 0.287. The maximum Gasteiger partial charge on any atom is 0.318 e. The number of esters is 1. The van der Waals surface area contributed by atoms with E-state index in [1.54, 1.807) is 31.2 Å². The summed E-state index contributed by atoms with van der Waals surface area (Å²) in [6.45, 7) is 4.73. The average molecular weight is 356 g/mol. The Labute approximate surface area is 144 Å². The van der Waals surface area contributed by atoms with Gasteiger partial charge in [-0.2, -0.15) is 0 Å². The number of thioether (sulfide) groups is 1. The van der Waals surface area contributed by atoms with Crippen molar-refractivity contribution >= 4 is 29.3 Å². The Bertz CT molecular complexity index is 660. The fraction of sp³-hybridized carbons (Fsp3) is 0.400. The van der Waals surface area contributed by atoms with Crippen LogP contribution in [0.4, 0.5) is 0 Å². The van der Waals surface area contributed by atoms with Gasteiger partial charge in [0.1, 0.15) is 17.6 Å². The van der Waals surface area contributed by atoms with Crippen molar-refractivity contribution in [2.24, 2.45) is 0 Å². The molecule has 8 heteroatoms. The molecule has 0 radical (unpaired) electrons. The first kappa shape index (κ1) is 17.6. The molecule has 1 aromatic carbocycles. The summed E-state index contributed by atoms with van der Waals surface area (Å²) in [4.78, 5) is 11.5. The zero-order chi connectivity index (χ0) is 16.8. The van der Waals surface area contributed by atoms with E-state index in [1.807, 2.05) is 11.5 Å². The van der Waals surface area contributed by atoms with Gasteiger partial charge in [-0.3, -0.25) is 4.79 Å². The molecule has 0 unspecified atom stereocenters. The summed E-state index contributed by atoms with van der Waals surface area (Å²) in [5.74, 6) is 1.11. The number of hydrogen-bond donors (Lipinski definition) is 0. The van der Waals surface area contributed by atoms with Crippen LogP contribution in [0.15, 0.2) is 29.4 Å². The molecule has 1 atom stereocenters. The number of aromatic nitrogens is 3. The van der Waals surface area contributed by atoms with E-state index in [0.717, 1.165) is 0 Å². The molecular weight excluding hydrogens is 338 g/mol. The summed E-state index contributed by atoms with van der Waals surface area (Å²) < 4.78 is 12.3. The molecule has 0 N–H and O–H groups in total. The number of methoxy groups -OCH3 is 1. The van der Waals surface area contributed by atoms with E-state index in [9.17, 15) is 4.79 Å². The fourth-order valence-corrected chi connectivity index (χ4v) is 2.97. The molecule has 0 saturated carbocycles. The summed E-state index contributed by atoms with van der Waals surface area (Å²) in [6, 6.07) is 7.12. The Morgan fingerprint density at radius 1 is 1.35 bits per heavy atom. The highest BCUT2D eigenvalue weighted by Gasteiger charge is 2.20. The number of hydrogen-bond acceptors (Lipinski definition) is 6. The second-order valence-electron chi connectivity index (χ2n) is 4.67. The topological polar surface area (TPSA) is 66.2 Å². The van der Waals surface area contributed by atoms with Crippen molar-refractivity contribution in [3.8, 4) is 5.75 Å². The van der Waals surface area contributed by atoms with E-state index in [2.05, 4.69) is 10.2 Å². The van der Waals surface area contributed by atoms with Gasteiger partial charge in [-0.1, -0.05) is 23.4 Å². The van der Waals surface area contributed by atoms with Crippen molar-refractivity contribution < 1.29 is 14.3 Å². The predicted molar refractivity (Wildman–Crippen MR) is 88.8 cm³/mol. The van der Waals surface area contributed by atoms with Gasteiger partial charge in [-0.15, -0.1) is 10.2 Å². The number of carbonyl (C=O) groups is 1. The molecule has 2 rings (SSSR count). The van der Waals surface area contributed by atoms with Gasteiger partial charge >= 0.3 is 5.97 Å². The highest BCUT2D eigenvalue weighted by molar-refractivity contribution is 8.00. The molecule has 0 bridgehead atoms. The third-order valence-electron chi connectivity index (χ3n) is 3.11. The van der Waals surface area contributed by atoms with Crippen molar-refractivity contribution in [2.45, 2.75) is 37.4 Å². The van der Waals surface area contributed by atoms with E-state index in [1.165, 1.54) is 18.9 Å². The Balaban J connectivity index is 2.05. The molecule has 124 valence electrons. The summed E-state index contributed by atoms with van der Waals surface area (Å²) in [5.41, 5.74) is 0. The molecular formula is C15H18ClN3O3S. The van der Waals surface area contributed by atoms with Crippen LogP contribution in [0.2, 0.25) is 5.02 Å². The van der Waals surface area contributed by atoms with E-state index < -0.39 is 0 Å². The molecule has 1 aromatic heterocycles. The van der Waals surface area contributed by atoms with Gasteiger partial charge in [-0.05, 0) is 38.1 Å². The number of rotatable bonds is 7. The largest absolute Gasteiger partial charge is 0.486 e. The number of carbonyl (C=O) groups excluding carboxylic acids is 1. The van der Waals surface area contributed by atoms with Crippen molar-refractivity contribution in [3.63, 3.8) is 0 Å². The summed E-state index contributed by atoms with van der Waals surface area (Å²) in [7, 11) is 1.37. The number of ether oxygens (including phenoxy) is 2. The lowest BCUT2D eigenvalue weighted by Crippen LogP contribution is -2.16. The highest BCUT2D eigenvalue weighted by atomic mass is 35.5. The smallest absolute Gasteiger partial charge is 0.318 e. The monoisotopic (exact) mass is 355 g/mol. The van der Waals surface area contributed by atoms with Gasteiger partial charge in [0.2, 0.25) is 0 Å². The van der Waals surface area contributed by atoms with E-state index in [0.29, 0.717) is 28.3 Å². The molecule has 0 fully saturated rings. The van der Waals surface area contributed by atoms with Crippen LogP contribution in [-0.4, -0.2) is 33.1 Å². The van der Waals surface area contributed by atoms with Crippen LogP contribution >= 0.6 is 23.4 Å². The van der Waals surface area contributed by atoms with E-state index in [4.69, 9.17) is 21.1 Å². The van der Waals surface area contributed by atoms with Gasteiger partial charge in [0.25, 0.3) is 0 Å². The molecule has 1 heterocycles. The van der Waals surface area contributed by atoms with Crippen LogP contribution in [0.25, 0.3) is 0 Å². The Morgan fingerprint density at radius 2 is 2.04 bits per heavy atom. The van der Waals surface area contributed by atoms with Gasteiger partial charge in [0, 0.05) is 11.6 Å². The van der Waals surface area contributed by atoms with Crippen molar-refractivity contribution in [2.75, 3.05) is 7.11 Å². The van der Waals surface area contributed by atoms with E-state index in [-0.39, 0.29) is 17.8 Å². The first-order chi connectivity index (χ1) is 11.0. The first-order valence-corrected chi connectivity index (χ1v) is 8.35. The minimum atomic E-state index is -0.348. The SMILES string of the molecule is CCn1c(COc2ccc(Cl)cc2)nnc1S[C@H](C)C(=O)OC. The molecule has 2 aromatic rings. The van der Waals surface area contributed by atoms with E-state index >= 15 is 0 Å². The van der Waals surface area contributed by atoms with Gasteiger partial charge in [-0.25, -0.2) is 0 Å². The van der Waals surface area contributed by atoms with Gasteiger partial charge in [0.15, 0.2) is 11.0 Å². The molecule has 0 spiro atoms. The van der Waals surface area contributed by atoms with Crippen molar-refractivity contribution in [3.05, 3.63) is 35.1 Å². The van der Waals surface area contributed by atoms with Crippen molar-refractivity contribution in [1.29, 1.82) is 0 Å². The lowest BCUT2D eigenvalue weighted by Gasteiger charge is -2.11. The standard InChI is InChI=1S/C15H18ClN3O3S/c1-4-19-13(9-22-12-7-5-11(16)6-8-12)17-18-15(19)23-10(2)14(20)21-3/h5-8,10H,4,9H2,1-3H3/t10-/m1/s1. The summed E-state index contributed by atoms with van der Waals surface area (Å²) in [6.07, 6.45) is 0. The number of benzene rings is 1. The number of halogens is 1. The maximum atomic E-state index is 11.5. The molecule has 6 nitrogen and oxygen atoms in total. The zero-order valence-corrected chi connectivity index (χ0v) is 14.7. The van der Waals surface area contributed by atoms with Crippen LogP contribution in [0.5, 0.6) is 5.75 Å². The molecule has 23 heavy (non-hydrogen) atoms. The normalized spacial score (nSPS) is 12.0. The molecule has 0 aliphatic rings. The zero-order valence-electron chi connectivity index (χ0n) is 13.2. The average Bonchev–Trinajstić information content (AvgIpc) is 2.95. The maximum absolute atomic E-state index is 11.5. The van der Waals surface area contributed by atoms with Crippen molar-refractivity contribution in [1.82, 2.24) is 14.8 Å². The minimum Gasteiger partial charge on any atom is -0.486 e. The fourth-order valence-electron chi connectivity index (χ4n) is 1.88. The van der Waals surface area contributed by atoms with Gasteiger partial charge < -0.3 is 14.0 Å². The molecule has 0 aliphatic heterocycles. The summed E-state index contributed by atoms with van der Waals surface area (Å²) >= 11 is 7.16. The second kappa shape index (κ2) is 8.21. The lowest BCUT2D eigenvalue weighted by atomic mass is 10.3. The summed E-state index contributed by atoms with van der Waals surface area (Å²) in [5, 5.41) is 9.26. The molecule has 0 aliphatic carbocycles. The lowest BCUT2D eigenvalue weighted by molar-refractivity contribution is -0.139. The van der Waals surface area contributed by atoms with Crippen LogP contribution in [0, 0.1) is 0 Å².